The highest BCUT2D eigenvalue weighted by molar-refractivity contribution is 9.10. The van der Waals surface area contributed by atoms with Gasteiger partial charge in [0, 0.05) is 55.9 Å². The van der Waals surface area contributed by atoms with Gasteiger partial charge >= 0.3 is 0 Å². The Kier molecular flexibility index (Phi) is 8.98. The molecule has 0 aliphatic carbocycles. The summed E-state index contributed by atoms with van der Waals surface area (Å²) in [5.74, 6) is -0.121. The molecule has 26 heavy (non-hydrogen) atoms. The standard InChI is InChI=1S/C19H29BrFN3O2/c1-15(2)26-11-3-6-22-19(25)14-24-9-7-23(8-10-24)13-16-4-5-17(20)12-18(16)21/h4-5,12,15H,3,6-11,13-14H2,1-2H3,(H,22,25). The maximum atomic E-state index is 13.9. The Balaban J connectivity index is 1.62. The molecule has 1 fully saturated rings. The van der Waals surface area contributed by atoms with Crippen molar-refractivity contribution in [2.24, 2.45) is 0 Å². The molecule has 1 amide bonds. The van der Waals surface area contributed by atoms with E-state index in [-0.39, 0.29) is 17.8 Å². The van der Waals surface area contributed by atoms with Gasteiger partial charge in [-0.05, 0) is 32.4 Å². The van der Waals surface area contributed by atoms with Crippen molar-refractivity contribution in [3.05, 3.63) is 34.1 Å². The van der Waals surface area contributed by atoms with Crippen LogP contribution in [0.4, 0.5) is 4.39 Å². The highest BCUT2D eigenvalue weighted by atomic mass is 79.9. The van der Waals surface area contributed by atoms with Crippen molar-refractivity contribution < 1.29 is 13.9 Å². The topological polar surface area (TPSA) is 44.8 Å². The van der Waals surface area contributed by atoms with Crippen molar-refractivity contribution in [3.63, 3.8) is 0 Å². The number of nitrogens with one attached hydrogen (secondary N) is 1. The molecule has 2 rings (SSSR count). The molecule has 0 atom stereocenters. The second-order valence-electron chi connectivity index (χ2n) is 6.91. The summed E-state index contributed by atoms with van der Waals surface area (Å²) in [6, 6.07) is 5.19. The smallest absolute Gasteiger partial charge is 0.234 e. The largest absolute Gasteiger partial charge is 0.379 e. The Morgan fingerprint density at radius 2 is 1.96 bits per heavy atom. The second kappa shape index (κ2) is 11.0. The Hall–Kier alpha value is -1.02. The van der Waals surface area contributed by atoms with Gasteiger partial charge in [-0.25, -0.2) is 4.39 Å². The summed E-state index contributed by atoms with van der Waals surface area (Å²) in [5.41, 5.74) is 0.711. The van der Waals surface area contributed by atoms with Gasteiger partial charge in [0.15, 0.2) is 0 Å². The number of hydrogen-bond acceptors (Lipinski definition) is 4. The number of rotatable bonds is 9. The van der Waals surface area contributed by atoms with Crippen LogP contribution in [0, 0.1) is 5.82 Å². The van der Waals surface area contributed by atoms with Crippen molar-refractivity contribution in [1.29, 1.82) is 0 Å². The molecular formula is C19H29BrFN3O2. The third kappa shape index (κ3) is 7.70. The second-order valence-corrected chi connectivity index (χ2v) is 7.83. The molecule has 1 aromatic rings. The number of benzene rings is 1. The normalized spacial score (nSPS) is 16.2. The molecule has 0 radical (unpaired) electrons. The minimum absolute atomic E-state index is 0.0574. The number of piperazine rings is 1. The molecule has 7 heteroatoms. The van der Waals surface area contributed by atoms with Crippen LogP contribution in [0.2, 0.25) is 0 Å². The SMILES string of the molecule is CC(C)OCCCNC(=O)CN1CCN(Cc2ccc(Br)cc2F)CC1. The molecular weight excluding hydrogens is 401 g/mol. The number of amides is 1. The van der Waals surface area contributed by atoms with Gasteiger partial charge in [0.1, 0.15) is 5.82 Å². The summed E-state index contributed by atoms with van der Waals surface area (Å²) >= 11 is 3.28. The molecule has 0 aromatic heterocycles. The van der Waals surface area contributed by atoms with E-state index in [4.69, 9.17) is 4.74 Å². The lowest BCUT2D eigenvalue weighted by Gasteiger charge is -2.34. The van der Waals surface area contributed by atoms with Crippen LogP contribution in [-0.4, -0.2) is 67.7 Å². The Bertz CT molecular complexity index is 578. The third-order valence-corrected chi connectivity index (χ3v) is 4.83. The molecule has 1 aliphatic rings. The quantitative estimate of drug-likeness (QED) is 0.612. The van der Waals surface area contributed by atoms with E-state index in [1.54, 1.807) is 0 Å². The predicted octanol–water partition coefficient (Wildman–Crippen LogP) is 2.64. The van der Waals surface area contributed by atoms with E-state index in [1.165, 1.54) is 6.07 Å². The Morgan fingerprint density at radius 3 is 2.62 bits per heavy atom. The third-order valence-electron chi connectivity index (χ3n) is 4.34. The van der Waals surface area contributed by atoms with Crippen LogP contribution in [-0.2, 0) is 16.1 Å². The molecule has 5 nitrogen and oxygen atoms in total. The van der Waals surface area contributed by atoms with Crippen LogP contribution >= 0.6 is 15.9 Å². The van der Waals surface area contributed by atoms with Crippen LogP contribution in [0.1, 0.15) is 25.8 Å². The van der Waals surface area contributed by atoms with Crippen LogP contribution in [0.3, 0.4) is 0 Å². The molecule has 1 N–H and O–H groups in total. The van der Waals surface area contributed by atoms with Crippen LogP contribution < -0.4 is 5.32 Å². The van der Waals surface area contributed by atoms with Gasteiger partial charge in [0.05, 0.1) is 12.6 Å². The fourth-order valence-corrected chi connectivity index (χ4v) is 3.21. The zero-order valence-corrected chi connectivity index (χ0v) is 17.2. The summed E-state index contributed by atoms with van der Waals surface area (Å²) in [7, 11) is 0. The molecule has 1 saturated heterocycles. The Labute approximate surface area is 164 Å². The van der Waals surface area contributed by atoms with Crippen LogP contribution in [0.25, 0.3) is 0 Å². The lowest BCUT2D eigenvalue weighted by atomic mass is 10.2. The van der Waals surface area contributed by atoms with Crippen molar-refractivity contribution in [2.75, 3.05) is 45.9 Å². The molecule has 1 aliphatic heterocycles. The van der Waals surface area contributed by atoms with Crippen LogP contribution in [0.5, 0.6) is 0 Å². The molecule has 1 aromatic carbocycles. The monoisotopic (exact) mass is 429 g/mol. The van der Waals surface area contributed by atoms with Gasteiger partial charge in [0.2, 0.25) is 5.91 Å². The minimum Gasteiger partial charge on any atom is -0.379 e. The zero-order chi connectivity index (χ0) is 18.9. The first-order valence-corrected chi connectivity index (χ1v) is 10.0. The average molecular weight is 430 g/mol. The summed E-state index contributed by atoms with van der Waals surface area (Å²) in [4.78, 5) is 16.4. The highest BCUT2D eigenvalue weighted by Gasteiger charge is 2.19. The van der Waals surface area contributed by atoms with E-state index < -0.39 is 0 Å². The maximum absolute atomic E-state index is 13.9. The molecule has 1 heterocycles. The number of carbonyl (C=O) groups excluding carboxylic acids is 1. The number of ether oxygens (including phenoxy) is 1. The number of halogens is 2. The van der Waals surface area contributed by atoms with Crippen LogP contribution in [0.15, 0.2) is 22.7 Å². The van der Waals surface area contributed by atoms with Gasteiger partial charge < -0.3 is 10.1 Å². The summed E-state index contributed by atoms with van der Waals surface area (Å²) < 4.78 is 20.2. The molecule has 0 saturated carbocycles. The van der Waals surface area contributed by atoms with E-state index in [9.17, 15) is 9.18 Å². The zero-order valence-electron chi connectivity index (χ0n) is 15.6. The number of hydrogen-bond donors (Lipinski definition) is 1. The predicted molar refractivity (Wildman–Crippen MR) is 105 cm³/mol. The van der Waals surface area contributed by atoms with Crippen molar-refractivity contribution in [1.82, 2.24) is 15.1 Å². The maximum Gasteiger partial charge on any atom is 0.234 e. The summed E-state index contributed by atoms with van der Waals surface area (Å²) in [6.07, 6.45) is 1.06. The van der Waals surface area contributed by atoms with Gasteiger partial charge in [0.25, 0.3) is 0 Å². The van der Waals surface area contributed by atoms with Crippen molar-refractivity contribution in [2.45, 2.75) is 32.9 Å². The first-order chi connectivity index (χ1) is 12.4. The van der Waals surface area contributed by atoms with Gasteiger partial charge in [-0.1, -0.05) is 22.0 Å². The van der Waals surface area contributed by atoms with E-state index in [0.717, 1.165) is 37.1 Å². The first kappa shape index (κ1) is 21.3. The van der Waals surface area contributed by atoms with Gasteiger partial charge in [-0.15, -0.1) is 0 Å². The molecule has 146 valence electrons. The highest BCUT2D eigenvalue weighted by Crippen LogP contribution is 2.17. The summed E-state index contributed by atoms with van der Waals surface area (Å²) in [6.45, 7) is 9.67. The fraction of sp³-hybridized carbons (Fsp3) is 0.632. The fourth-order valence-electron chi connectivity index (χ4n) is 2.87. The summed E-state index contributed by atoms with van der Waals surface area (Å²) in [5, 5.41) is 2.94. The lowest BCUT2D eigenvalue weighted by molar-refractivity contribution is -0.122. The lowest BCUT2D eigenvalue weighted by Crippen LogP contribution is -2.49. The first-order valence-electron chi connectivity index (χ1n) is 9.21. The Morgan fingerprint density at radius 1 is 1.27 bits per heavy atom. The van der Waals surface area contributed by atoms with Crippen molar-refractivity contribution in [3.8, 4) is 0 Å². The van der Waals surface area contributed by atoms with E-state index in [2.05, 4.69) is 31.0 Å². The molecule has 0 bridgehead atoms. The minimum atomic E-state index is -0.178. The average Bonchev–Trinajstić information content (AvgIpc) is 2.58. The van der Waals surface area contributed by atoms with E-state index in [1.807, 2.05) is 26.0 Å². The molecule has 0 unspecified atom stereocenters. The van der Waals surface area contributed by atoms with Gasteiger partial charge in [-0.3, -0.25) is 14.6 Å². The van der Waals surface area contributed by atoms with Gasteiger partial charge in [-0.2, -0.15) is 0 Å². The molecule has 0 spiro atoms. The van der Waals surface area contributed by atoms with Crippen molar-refractivity contribution >= 4 is 21.8 Å². The number of carbonyl (C=O) groups is 1. The van der Waals surface area contributed by atoms with E-state index >= 15 is 0 Å². The number of nitrogens with zero attached hydrogens (tertiary/aromatic N) is 2. The van der Waals surface area contributed by atoms with E-state index in [0.29, 0.717) is 31.8 Å².